The number of hydrogen-bond acceptors (Lipinski definition) is 4. The van der Waals surface area contributed by atoms with Crippen LogP contribution in [0.4, 0.5) is 11.4 Å². The van der Waals surface area contributed by atoms with Crippen molar-refractivity contribution in [1.29, 1.82) is 0 Å². The molecule has 0 atom stereocenters. The van der Waals surface area contributed by atoms with E-state index in [1.54, 1.807) is 43.5 Å². The van der Waals surface area contributed by atoms with Crippen LogP contribution >= 0.6 is 0 Å². The molecule has 0 fully saturated rings. The first-order chi connectivity index (χ1) is 11.1. The third-order valence-corrected chi connectivity index (χ3v) is 3.46. The van der Waals surface area contributed by atoms with E-state index in [9.17, 15) is 9.59 Å². The highest BCUT2D eigenvalue weighted by molar-refractivity contribution is 6.07. The Morgan fingerprint density at radius 3 is 2.70 bits per heavy atom. The second-order valence-electron chi connectivity index (χ2n) is 5.21. The van der Waals surface area contributed by atoms with E-state index < -0.39 is 0 Å². The molecule has 0 saturated carbocycles. The predicted molar refractivity (Wildman–Crippen MR) is 86.3 cm³/mol. The monoisotopic (exact) mass is 312 g/mol. The first kappa shape index (κ1) is 14.9. The molecule has 1 aliphatic heterocycles. The number of methoxy groups -OCH3 is 1. The molecule has 3 rings (SSSR count). The summed E-state index contributed by atoms with van der Waals surface area (Å²) in [6, 6.07) is 10.4. The lowest BCUT2D eigenvalue weighted by Crippen LogP contribution is -2.26. The lowest BCUT2D eigenvalue weighted by atomic mass is 10.1. The Labute approximate surface area is 133 Å². The number of anilines is 2. The molecule has 2 aromatic carbocycles. The van der Waals surface area contributed by atoms with Gasteiger partial charge >= 0.3 is 0 Å². The van der Waals surface area contributed by atoms with Crippen molar-refractivity contribution < 1.29 is 19.1 Å². The summed E-state index contributed by atoms with van der Waals surface area (Å²) in [6.07, 6.45) is 0. The fourth-order valence-corrected chi connectivity index (χ4v) is 2.38. The minimum atomic E-state index is -0.263. The van der Waals surface area contributed by atoms with Gasteiger partial charge in [0.1, 0.15) is 5.75 Å². The molecule has 118 valence electrons. The molecular weight excluding hydrogens is 296 g/mol. The summed E-state index contributed by atoms with van der Waals surface area (Å²) in [4.78, 5) is 23.8. The van der Waals surface area contributed by atoms with Crippen LogP contribution in [-0.2, 0) is 4.79 Å². The quantitative estimate of drug-likeness (QED) is 0.913. The first-order valence-electron chi connectivity index (χ1n) is 7.09. The summed E-state index contributed by atoms with van der Waals surface area (Å²) >= 11 is 0. The molecule has 2 N–H and O–H groups in total. The molecule has 0 bridgehead atoms. The van der Waals surface area contributed by atoms with E-state index in [4.69, 9.17) is 9.47 Å². The third-order valence-electron chi connectivity index (χ3n) is 3.46. The van der Waals surface area contributed by atoms with E-state index >= 15 is 0 Å². The predicted octanol–water partition coefficient (Wildman–Crippen LogP) is 2.59. The smallest absolute Gasteiger partial charge is 0.262 e. The molecule has 0 unspecified atom stereocenters. The molecule has 0 radical (unpaired) electrons. The summed E-state index contributed by atoms with van der Waals surface area (Å²) in [6.45, 7) is 1.81. The number of aryl methyl sites for hydroxylation is 1. The molecular formula is C17H16N2O4. The van der Waals surface area contributed by atoms with E-state index in [0.717, 1.165) is 5.56 Å². The second kappa shape index (κ2) is 6.00. The van der Waals surface area contributed by atoms with Crippen LogP contribution < -0.4 is 20.1 Å². The molecule has 1 heterocycles. The molecule has 1 aliphatic rings. The molecule has 6 nitrogen and oxygen atoms in total. The van der Waals surface area contributed by atoms with Crippen molar-refractivity contribution in [3.63, 3.8) is 0 Å². The molecule has 6 heteroatoms. The van der Waals surface area contributed by atoms with Gasteiger partial charge in [0.25, 0.3) is 11.8 Å². The van der Waals surface area contributed by atoms with Gasteiger partial charge in [0.15, 0.2) is 12.4 Å². The Morgan fingerprint density at radius 2 is 2.00 bits per heavy atom. The van der Waals surface area contributed by atoms with Crippen molar-refractivity contribution in [2.24, 2.45) is 0 Å². The van der Waals surface area contributed by atoms with E-state index in [1.165, 1.54) is 0 Å². The Morgan fingerprint density at radius 1 is 1.26 bits per heavy atom. The zero-order valence-electron chi connectivity index (χ0n) is 12.8. The molecule has 0 saturated heterocycles. The van der Waals surface area contributed by atoms with Crippen LogP contribution in [0.5, 0.6) is 11.5 Å². The average Bonchev–Trinajstić information content (AvgIpc) is 2.54. The van der Waals surface area contributed by atoms with Crippen LogP contribution in [0.25, 0.3) is 0 Å². The molecule has 0 spiro atoms. The van der Waals surface area contributed by atoms with Gasteiger partial charge in [-0.2, -0.15) is 0 Å². The normalized spacial score (nSPS) is 12.7. The number of benzene rings is 2. The number of rotatable bonds is 3. The maximum atomic E-state index is 12.4. The summed E-state index contributed by atoms with van der Waals surface area (Å²) in [5.74, 6) is 0.675. The van der Waals surface area contributed by atoms with Gasteiger partial charge in [0, 0.05) is 5.56 Å². The van der Waals surface area contributed by atoms with Crippen molar-refractivity contribution in [2.45, 2.75) is 6.92 Å². The number of nitrogens with one attached hydrogen (secondary N) is 2. The molecule has 2 amide bonds. The molecule has 0 aromatic heterocycles. The number of fused-ring (bicyclic) bond motifs is 1. The van der Waals surface area contributed by atoms with Crippen LogP contribution in [0.2, 0.25) is 0 Å². The topological polar surface area (TPSA) is 76.7 Å². The molecule has 2 aromatic rings. The summed E-state index contributed by atoms with van der Waals surface area (Å²) < 4.78 is 10.5. The number of carbonyl (C=O) groups excluding carboxylic acids is 2. The Kier molecular flexibility index (Phi) is 3.89. The van der Waals surface area contributed by atoms with Gasteiger partial charge in [-0.25, -0.2) is 0 Å². The summed E-state index contributed by atoms with van der Waals surface area (Å²) in [5, 5.41) is 5.56. The van der Waals surface area contributed by atoms with Crippen molar-refractivity contribution in [3.8, 4) is 11.5 Å². The maximum absolute atomic E-state index is 12.4. The zero-order chi connectivity index (χ0) is 16.4. The van der Waals surface area contributed by atoms with Gasteiger partial charge in [-0.1, -0.05) is 0 Å². The summed E-state index contributed by atoms with van der Waals surface area (Å²) in [5.41, 5.74) is 2.49. The highest BCUT2D eigenvalue weighted by Gasteiger charge is 2.21. The van der Waals surface area contributed by atoms with Gasteiger partial charge in [-0.05, 0) is 48.9 Å². The van der Waals surface area contributed by atoms with Crippen LogP contribution in [0.1, 0.15) is 15.9 Å². The van der Waals surface area contributed by atoms with E-state index in [1.807, 2.05) is 6.92 Å². The molecule has 23 heavy (non-hydrogen) atoms. The zero-order valence-corrected chi connectivity index (χ0v) is 12.8. The molecule has 0 aliphatic carbocycles. The fraction of sp³-hybridized carbons (Fsp3) is 0.176. The van der Waals surface area contributed by atoms with Gasteiger partial charge in [0.05, 0.1) is 18.5 Å². The minimum Gasteiger partial charge on any atom is -0.497 e. The highest BCUT2D eigenvalue weighted by Crippen LogP contribution is 2.37. The van der Waals surface area contributed by atoms with Crippen LogP contribution in [0.3, 0.4) is 0 Å². The first-order valence-corrected chi connectivity index (χ1v) is 7.09. The number of ether oxygens (including phenoxy) is 2. The third kappa shape index (κ3) is 3.11. The Balaban J connectivity index is 1.87. The van der Waals surface area contributed by atoms with Crippen molar-refractivity contribution in [2.75, 3.05) is 24.4 Å². The second-order valence-corrected chi connectivity index (χ2v) is 5.21. The van der Waals surface area contributed by atoms with Crippen LogP contribution in [0, 0.1) is 6.92 Å². The van der Waals surface area contributed by atoms with Crippen molar-refractivity contribution in [1.82, 2.24) is 0 Å². The van der Waals surface area contributed by atoms with E-state index in [-0.39, 0.29) is 18.4 Å². The summed E-state index contributed by atoms with van der Waals surface area (Å²) in [7, 11) is 1.57. The number of amides is 2. The van der Waals surface area contributed by atoms with E-state index in [2.05, 4.69) is 10.6 Å². The largest absolute Gasteiger partial charge is 0.497 e. The fourth-order valence-electron chi connectivity index (χ4n) is 2.38. The average molecular weight is 312 g/mol. The van der Waals surface area contributed by atoms with Crippen molar-refractivity contribution >= 4 is 23.2 Å². The van der Waals surface area contributed by atoms with Gasteiger partial charge in [0.2, 0.25) is 0 Å². The highest BCUT2D eigenvalue weighted by atomic mass is 16.5. The van der Waals surface area contributed by atoms with Gasteiger partial charge in [-0.15, -0.1) is 0 Å². The standard InChI is InChI=1S/C17H16N2O4/c1-10-7-13-16(23-9-15(20)18-13)14(8-10)19-17(21)11-3-5-12(22-2)6-4-11/h3-8H,9H2,1-2H3,(H,18,20)(H,19,21). The Bertz CT molecular complexity index is 769. The van der Waals surface area contributed by atoms with E-state index in [0.29, 0.717) is 28.4 Å². The Hall–Kier alpha value is -3.02. The van der Waals surface area contributed by atoms with Crippen LogP contribution in [0.15, 0.2) is 36.4 Å². The number of hydrogen-bond donors (Lipinski definition) is 2. The number of carbonyl (C=O) groups is 2. The maximum Gasteiger partial charge on any atom is 0.262 e. The lowest BCUT2D eigenvalue weighted by Gasteiger charge is -2.21. The van der Waals surface area contributed by atoms with Gasteiger partial charge in [-0.3, -0.25) is 9.59 Å². The lowest BCUT2D eigenvalue weighted by molar-refractivity contribution is -0.118. The van der Waals surface area contributed by atoms with Crippen molar-refractivity contribution in [3.05, 3.63) is 47.5 Å². The SMILES string of the molecule is COc1ccc(C(=O)Nc2cc(C)cc3c2OCC(=O)N3)cc1. The van der Waals surface area contributed by atoms with Gasteiger partial charge < -0.3 is 20.1 Å². The van der Waals surface area contributed by atoms with Crippen LogP contribution in [-0.4, -0.2) is 25.5 Å². The minimum absolute atomic E-state index is 0.0680.